The maximum Gasteiger partial charge on any atom is 0.326 e. The Hall–Kier alpha value is -5.81. The monoisotopic (exact) mass is 1090 g/mol. The Morgan fingerprint density at radius 3 is 1.46 bits per heavy atom. The van der Waals surface area contributed by atoms with Gasteiger partial charge in [-0.1, -0.05) is 113 Å². The Morgan fingerprint density at radius 1 is 0.553 bits per heavy atom. The van der Waals surface area contributed by atoms with Gasteiger partial charge in [-0.2, -0.15) is 12.6 Å². The topological polar surface area (TPSA) is 337 Å². The van der Waals surface area contributed by atoms with Crippen molar-refractivity contribution in [2.24, 2.45) is 41.2 Å². The van der Waals surface area contributed by atoms with Gasteiger partial charge in [0.05, 0.1) is 12.1 Å². The second-order valence-electron chi connectivity index (χ2n) is 22.1. The van der Waals surface area contributed by atoms with Crippen LogP contribution in [0.3, 0.4) is 0 Å². The summed E-state index contributed by atoms with van der Waals surface area (Å²) in [5.41, 5.74) is 6.76. The van der Waals surface area contributed by atoms with Crippen molar-refractivity contribution in [3.05, 3.63) is 35.9 Å². The molecule has 9 amide bonds. The molecule has 0 spiro atoms. The molecular weight excluding hydrogens is 1000 g/mol. The second-order valence-corrected chi connectivity index (χ2v) is 22.5. The number of aliphatic carboxylic acids is 1. The number of carbonyl (C=O) groups excluding carboxylic acids is 9. The molecule has 11 atom stereocenters. The van der Waals surface area contributed by atoms with Crippen LogP contribution in [0.5, 0.6) is 0 Å². The number of thiol groups is 1. The van der Waals surface area contributed by atoms with E-state index in [1.807, 2.05) is 27.7 Å². The quantitative estimate of drug-likeness (QED) is 0.0469. The predicted molar refractivity (Wildman–Crippen MR) is 290 cm³/mol. The Morgan fingerprint density at radius 2 is 0.987 bits per heavy atom. The van der Waals surface area contributed by atoms with E-state index in [4.69, 9.17) is 5.73 Å². The third kappa shape index (κ3) is 20.6. The number of likely N-dealkylation sites (tertiary alicyclic amines) is 1. The summed E-state index contributed by atoms with van der Waals surface area (Å²) in [6.07, 6.45) is -0.282. The minimum Gasteiger partial charge on any atom is -0.480 e. The average Bonchev–Trinajstić information content (AvgIpc) is 3.83. The van der Waals surface area contributed by atoms with Gasteiger partial charge in [0.1, 0.15) is 54.4 Å². The molecule has 2 rings (SSSR count). The molecule has 0 aromatic heterocycles. The first kappa shape index (κ1) is 66.3. The van der Waals surface area contributed by atoms with E-state index in [0.29, 0.717) is 18.4 Å². The van der Waals surface area contributed by atoms with Gasteiger partial charge in [-0.3, -0.25) is 43.2 Å². The lowest BCUT2D eigenvalue weighted by atomic mass is 9.98. The Bertz CT molecular complexity index is 2140. The molecule has 0 bridgehead atoms. The van der Waals surface area contributed by atoms with Crippen molar-refractivity contribution in [1.29, 1.82) is 0 Å². The molecule has 0 radical (unpaired) electrons. The van der Waals surface area contributed by atoms with Crippen LogP contribution in [0, 0.1) is 35.5 Å². The molecule has 1 aromatic carbocycles. The van der Waals surface area contributed by atoms with E-state index in [9.17, 15) is 58.2 Å². The van der Waals surface area contributed by atoms with E-state index < -0.39 is 149 Å². The van der Waals surface area contributed by atoms with E-state index in [1.54, 1.807) is 85.7 Å². The van der Waals surface area contributed by atoms with Crippen LogP contribution in [0.15, 0.2) is 30.3 Å². The third-order valence-electron chi connectivity index (χ3n) is 13.0. The number of carbonyl (C=O) groups is 10. The van der Waals surface area contributed by atoms with Gasteiger partial charge in [-0.25, -0.2) is 4.79 Å². The van der Waals surface area contributed by atoms with Gasteiger partial charge >= 0.3 is 5.97 Å². The summed E-state index contributed by atoms with van der Waals surface area (Å²) in [6.45, 7) is 22.3. The number of rotatable bonds is 30. The molecule has 428 valence electrons. The molecule has 1 aromatic rings. The summed E-state index contributed by atoms with van der Waals surface area (Å²) >= 11 is 4.28. The zero-order valence-electron chi connectivity index (χ0n) is 46.6. The van der Waals surface area contributed by atoms with Crippen molar-refractivity contribution in [3.8, 4) is 0 Å². The molecule has 1 aliphatic rings. The standard InChI is InChI=1S/C53H88N10O12S/c1-26(2)22-34(54)44(65)55-35(23-27(3)4)45(66)60-41(30(9)10)52(73)63-21-17-20-38(63)48(69)62-43(32(13)64)51(72)57-37(25-76)47(68)59-39(28(5)6)49(70)56-36(24-33-18-15-14-16-19-33)46(67)58-40(29(7)8)50(71)61-42(31(11)12)53(74)75/h14-16,18-19,26-32,34-43,64,76H,17,20-25,54H2,1-13H3,(H,55,65)(H,56,70)(H,57,72)(H,58,67)(H,59,68)(H,60,66)(H,61,71)(H,62,69)(H,74,75)/t32-,34+,35+,36+,37+,38+,39+,40+,41+,42+,43+/m1/s1. The Kier molecular flexibility index (Phi) is 27.4. The fraction of sp³-hybridized carbons (Fsp3) is 0.698. The zero-order valence-corrected chi connectivity index (χ0v) is 47.5. The fourth-order valence-corrected chi connectivity index (χ4v) is 8.87. The molecule has 0 aliphatic carbocycles. The van der Waals surface area contributed by atoms with Crippen molar-refractivity contribution >= 4 is 71.8 Å². The number of nitrogens with zero attached hydrogens (tertiary/aromatic N) is 1. The number of amides is 9. The number of nitrogens with one attached hydrogen (secondary N) is 8. The first-order valence-corrected chi connectivity index (χ1v) is 27.1. The molecule has 23 heteroatoms. The number of aliphatic hydroxyl groups is 1. The van der Waals surface area contributed by atoms with Gasteiger partial charge in [0.15, 0.2) is 0 Å². The molecular formula is C53H88N10O12S. The van der Waals surface area contributed by atoms with E-state index >= 15 is 0 Å². The summed E-state index contributed by atoms with van der Waals surface area (Å²) in [5.74, 6) is -9.97. The minimum absolute atomic E-state index is 0.0100. The predicted octanol–water partition coefficient (Wildman–Crippen LogP) is 0.537. The molecule has 22 nitrogen and oxygen atoms in total. The van der Waals surface area contributed by atoms with Crippen LogP contribution in [0.2, 0.25) is 0 Å². The fourth-order valence-electron chi connectivity index (χ4n) is 8.61. The van der Waals surface area contributed by atoms with Crippen molar-refractivity contribution < 1.29 is 58.2 Å². The molecule has 1 aliphatic heterocycles. The molecule has 1 saturated heterocycles. The highest BCUT2D eigenvalue weighted by molar-refractivity contribution is 7.80. The van der Waals surface area contributed by atoms with Crippen LogP contribution in [0.1, 0.15) is 121 Å². The van der Waals surface area contributed by atoms with Crippen LogP contribution in [0.25, 0.3) is 0 Å². The Balaban J connectivity index is 2.29. The number of carboxylic acid groups (broad SMARTS) is 1. The molecule has 1 fully saturated rings. The number of carboxylic acids is 1. The van der Waals surface area contributed by atoms with Crippen molar-refractivity contribution in [3.63, 3.8) is 0 Å². The molecule has 1 heterocycles. The Labute approximate surface area is 453 Å². The van der Waals surface area contributed by atoms with Crippen LogP contribution < -0.4 is 48.3 Å². The average molecular weight is 1090 g/mol. The summed E-state index contributed by atoms with van der Waals surface area (Å²) in [6, 6.07) is -3.40. The summed E-state index contributed by atoms with van der Waals surface area (Å²) in [7, 11) is 0. The number of hydrogen-bond acceptors (Lipinski definition) is 13. The second kappa shape index (κ2) is 31.4. The summed E-state index contributed by atoms with van der Waals surface area (Å²) in [4.78, 5) is 137. The zero-order chi connectivity index (χ0) is 57.9. The van der Waals surface area contributed by atoms with Gasteiger partial charge in [-0.15, -0.1) is 0 Å². The largest absolute Gasteiger partial charge is 0.480 e. The van der Waals surface area contributed by atoms with Gasteiger partial charge < -0.3 is 63.4 Å². The van der Waals surface area contributed by atoms with E-state index in [2.05, 4.69) is 55.2 Å². The maximum absolute atomic E-state index is 14.2. The lowest BCUT2D eigenvalue weighted by Crippen LogP contribution is -2.63. The molecule has 12 N–H and O–H groups in total. The number of nitrogens with two attached hydrogens (primary N) is 1. The van der Waals surface area contributed by atoms with Crippen molar-refractivity contribution in [2.75, 3.05) is 12.3 Å². The molecule has 0 unspecified atom stereocenters. The lowest BCUT2D eigenvalue weighted by molar-refractivity contribution is -0.144. The summed E-state index contributed by atoms with van der Waals surface area (Å²) < 4.78 is 0. The lowest BCUT2D eigenvalue weighted by Gasteiger charge is -2.33. The van der Waals surface area contributed by atoms with Crippen LogP contribution in [-0.2, 0) is 54.4 Å². The highest BCUT2D eigenvalue weighted by Gasteiger charge is 2.42. The molecule has 76 heavy (non-hydrogen) atoms. The van der Waals surface area contributed by atoms with Gasteiger partial charge in [-0.05, 0) is 73.7 Å². The van der Waals surface area contributed by atoms with Crippen molar-refractivity contribution in [2.45, 2.75) is 189 Å². The maximum atomic E-state index is 14.2. The highest BCUT2D eigenvalue weighted by atomic mass is 32.1. The SMILES string of the molecule is CC(C)C[C@H](NC(=O)[C@@H](N)CC(C)C)C(=O)N[C@H](C(=O)N1CCC[C@H]1C(=O)N[C@H](C(=O)N[C@@H](CS)C(=O)N[C@H](C(=O)N[C@@H](Cc1ccccc1)C(=O)N[C@H](C(=O)N[C@H](C(=O)O)C(C)C)C(C)C)C(C)C)[C@@H](C)O)C(C)C. The van der Waals surface area contributed by atoms with Crippen LogP contribution in [-0.4, -0.2) is 153 Å². The van der Waals surface area contributed by atoms with Crippen molar-refractivity contribution in [1.82, 2.24) is 47.4 Å². The minimum atomic E-state index is -1.64. The van der Waals surface area contributed by atoms with E-state index in [0.717, 1.165) is 0 Å². The van der Waals surface area contributed by atoms with E-state index in [1.165, 1.54) is 11.8 Å². The number of benzene rings is 1. The first-order chi connectivity index (χ1) is 35.4. The first-order valence-electron chi connectivity index (χ1n) is 26.5. The summed E-state index contributed by atoms with van der Waals surface area (Å²) in [5, 5.41) is 41.6. The van der Waals surface area contributed by atoms with Crippen LogP contribution >= 0.6 is 12.6 Å². The number of aliphatic hydroxyl groups excluding tert-OH is 1. The van der Waals surface area contributed by atoms with Gasteiger partial charge in [0, 0.05) is 18.7 Å². The van der Waals surface area contributed by atoms with Crippen LogP contribution in [0.4, 0.5) is 0 Å². The van der Waals surface area contributed by atoms with E-state index in [-0.39, 0.29) is 43.4 Å². The normalized spacial score (nSPS) is 17.6. The molecule has 0 saturated carbocycles. The van der Waals surface area contributed by atoms with Gasteiger partial charge in [0.25, 0.3) is 0 Å². The smallest absolute Gasteiger partial charge is 0.326 e. The number of hydrogen-bond donors (Lipinski definition) is 12. The third-order valence-corrected chi connectivity index (χ3v) is 13.4. The van der Waals surface area contributed by atoms with Gasteiger partial charge in [0.2, 0.25) is 53.2 Å². The highest BCUT2D eigenvalue weighted by Crippen LogP contribution is 2.22.